The normalized spacial score (nSPS) is 11.4. The minimum absolute atomic E-state index is 0.0874. The van der Waals surface area contributed by atoms with Crippen LogP contribution in [0, 0.1) is 0 Å². The van der Waals surface area contributed by atoms with Crippen molar-refractivity contribution >= 4 is 11.6 Å². The van der Waals surface area contributed by atoms with Crippen LogP contribution in [0.4, 0.5) is 13.2 Å². The van der Waals surface area contributed by atoms with E-state index in [2.05, 4.69) is 0 Å². The van der Waals surface area contributed by atoms with Crippen molar-refractivity contribution in [3.05, 3.63) is 65.2 Å². The van der Waals surface area contributed by atoms with Crippen molar-refractivity contribution in [3.63, 3.8) is 0 Å². The second-order valence-corrected chi connectivity index (χ2v) is 4.53. The number of ether oxygens (including phenoxy) is 1. The van der Waals surface area contributed by atoms with Gasteiger partial charge in [0.25, 0.3) is 0 Å². The highest BCUT2D eigenvalue weighted by Gasteiger charge is 2.30. The van der Waals surface area contributed by atoms with Gasteiger partial charge in [0.2, 0.25) is 0 Å². The Morgan fingerprint density at radius 2 is 1.65 bits per heavy atom. The largest absolute Gasteiger partial charge is 0.489 e. The summed E-state index contributed by atoms with van der Waals surface area (Å²) >= 11 is 5.66. The predicted molar refractivity (Wildman–Crippen MR) is 71.8 cm³/mol. The van der Waals surface area contributed by atoms with E-state index < -0.39 is 11.7 Å². The molecule has 20 heavy (non-hydrogen) atoms. The quantitative estimate of drug-likeness (QED) is 0.720. The molecule has 2 aromatic carbocycles. The summed E-state index contributed by atoms with van der Waals surface area (Å²) in [6.07, 6.45) is -4.34. The molecule has 0 atom stereocenters. The highest BCUT2D eigenvalue weighted by Crippen LogP contribution is 2.29. The van der Waals surface area contributed by atoms with Crippen LogP contribution in [0.25, 0.3) is 0 Å². The molecule has 0 radical (unpaired) electrons. The maximum atomic E-state index is 12.6. The Morgan fingerprint density at radius 3 is 2.25 bits per heavy atom. The van der Waals surface area contributed by atoms with Crippen molar-refractivity contribution in [1.82, 2.24) is 0 Å². The zero-order valence-electron chi connectivity index (χ0n) is 10.5. The molecule has 0 saturated heterocycles. The van der Waals surface area contributed by atoms with Crippen LogP contribution in [0.3, 0.4) is 0 Å². The summed E-state index contributed by atoms with van der Waals surface area (Å²) < 4.78 is 43.1. The van der Waals surface area contributed by atoms with Gasteiger partial charge in [-0.3, -0.25) is 0 Å². The number of halogens is 4. The van der Waals surface area contributed by atoms with Crippen LogP contribution in [0.2, 0.25) is 0 Å². The lowest BCUT2D eigenvalue weighted by Crippen LogP contribution is -2.06. The molecule has 0 unspecified atom stereocenters. The lowest BCUT2D eigenvalue weighted by Gasteiger charge is -2.10. The summed E-state index contributed by atoms with van der Waals surface area (Å²) in [4.78, 5) is 0. The van der Waals surface area contributed by atoms with E-state index >= 15 is 0 Å². The lowest BCUT2D eigenvalue weighted by molar-refractivity contribution is -0.137. The van der Waals surface area contributed by atoms with E-state index in [0.29, 0.717) is 17.2 Å². The Bertz CT molecular complexity index is 564. The smallest absolute Gasteiger partial charge is 0.416 e. The fourth-order valence-electron chi connectivity index (χ4n) is 1.68. The zero-order valence-corrected chi connectivity index (χ0v) is 11.2. The number of alkyl halides is 4. The molecule has 0 aliphatic carbocycles. The Hall–Kier alpha value is -1.68. The van der Waals surface area contributed by atoms with Gasteiger partial charge in [-0.05, 0) is 35.4 Å². The summed E-state index contributed by atoms with van der Waals surface area (Å²) in [6.45, 7) is 0.0874. The third kappa shape index (κ3) is 3.90. The zero-order chi connectivity index (χ0) is 14.6. The van der Waals surface area contributed by atoms with Crippen LogP contribution in [0.15, 0.2) is 48.5 Å². The molecule has 0 aliphatic rings. The molecule has 0 spiro atoms. The predicted octanol–water partition coefficient (Wildman–Crippen LogP) is 5.02. The van der Waals surface area contributed by atoms with Crippen molar-refractivity contribution < 1.29 is 17.9 Å². The number of hydrogen-bond donors (Lipinski definition) is 0. The van der Waals surface area contributed by atoms with E-state index in [1.807, 2.05) is 12.1 Å². The van der Waals surface area contributed by atoms with Crippen LogP contribution in [0.5, 0.6) is 5.75 Å². The molecule has 0 fully saturated rings. The standard InChI is InChI=1S/C15H12ClF3O/c16-9-11-4-6-14(7-5-11)20-10-12-2-1-3-13(8-12)15(17,18)19/h1-8H,9-10H2. The SMILES string of the molecule is FC(F)(F)c1cccc(COc2ccc(CCl)cc2)c1. The minimum atomic E-state index is -4.34. The van der Waals surface area contributed by atoms with Gasteiger partial charge in [-0.15, -0.1) is 11.6 Å². The Labute approximate surface area is 119 Å². The maximum absolute atomic E-state index is 12.6. The van der Waals surface area contributed by atoms with Crippen molar-refractivity contribution in [1.29, 1.82) is 0 Å². The van der Waals surface area contributed by atoms with Crippen LogP contribution in [-0.4, -0.2) is 0 Å². The molecular weight excluding hydrogens is 289 g/mol. The monoisotopic (exact) mass is 300 g/mol. The summed E-state index contributed by atoms with van der Waals surface area (Å²) in [5.74, 6) is 1.00. The van der Waals surface area contributed by atoms with Crippen LogP contribution < -0.4 is 4.74 Å². The lowest BCUT2D eigenvalue weighted by atomic mass is 10.1. The van der Waals surface area contributed by atoms with Crippen molar-refractivity contribution in [2.24, 2.45) is 0 Å². The fourth-order valence-corrected chi connectivity index (χ4v) is 1.86. The van der Waals surface area contributed by atoms with Gasteiger partial charge in [-0.1, -0.05) is 24.3 Å². The summed E-state index contributed by atoms with van der Waals surface area (Å²) in [5.41, 5.74) is 0.760. The molecule has 0 aromatic heterocycles. The first-order valence-electron chi connectivity index (χ1n) is 5.93. The molecule has 1 nitrogen and oxygen atoms in total. The van der Waals surface area contributed by atoms with Crippen molar-refractivity contribution in [2.45, 2.75) is 18.7 Å². The molecular formula is C15H12ClF3O. The topological polar surface area (TPSA) is 9.23 Å². The van der Waals surface area contributed by atoms with Crippen LogP contribution in [-0.2, 0) is 18.7 Å². The molecule has 0 amide bonds. The van der Waals surface area contributed by atoms with E-state index in [9.17, 15) is 13.2 Å². The first kappa shape index (κ1) is 14.7. The Kier molecular flexibility index (Phi) is 4.55. The van der Waals surface area contributed by atoms with Gasteiger partial charge in [0.05, 0.1) is 5.56 Å². The third-order valence-corrected chi connectivity index (χ3v) is 3.05. The van der Waals surface area contributed by atoms with Gasteiger partial charge < -0.3 is 4.74 Å². The number of benzene rings is 2. The average molecular weight is 301 g/mol. The van der Waals surface area contributed by atoms with E-state index in [1.54, 1.807) is 18.2 Å². The van der Waals surface area contributed by atoms with E-state index in [0.717, 1.165) is 17.7 Å². The molecule has 2 aromatic rings. The molecule has 0 heterocycles. The fraction of sp³-hybridized carbons (Fsp3) is 0.200. The molecule has 0 aliphatic heterocycles. The molecule has 2 rings (SSSR count). The van der Waals surface area contributed by atoms with Crippen LogP contribution >= 0.6 is 11.6 Å². The van der Waals surface area contributed by atoms with E-state index in [4.69, 9.17) is 16.3 Å². The van der Waals surface area contributed by atoms with Gasteiger partial charge in [-0.2, -0.15) is 13.2 Å². The van der Waals surface area contributed by atoms with E-state index in [-0.39, 0.29) is 6.61 Å². The summed E-state index contributed by atoms with van der Waals surface area (Å²) in [6, 6.07) is 12.2. The Balaban J connectivity index is 2.03. The van der Waals surface area contributed by atoms with Gasteiger partial charge in [-0.25, -0.2) is 0 Å². The number of rotatable bonds is 4. The third-order valence-electron chi connectivity index (χ3n) is 2.74. The molecule has 0 saturated carbocycles. The van der Waals surface area contributed by atoms with Crippen molar-refractivity contribution in [2.75, 3.05) is 0 Å². The van der Waals surface area contributed by atoms with E-state index in [1.165, 1.54) is 6.07 Å². The first-order chi connectivity index (χ1) is 9.49. The first-order valence-corrected chi connectivity index (χ1v) is 6.46. The summed E-state index contributed by atoms with van der Waals surface area (Å²) in [7, 11) is 0. The molecule has 0 bridgehead atoms. The Morgan fingerprint density at radius 1 is 0.950 bits per heavy atom. The second-order valence-electron chi connectivity index (χ2n) is 4.26. The van der Waals surface area contributed by atoms with Gasteiger partial charge in [0.1, 0.15) is 12.4 Å². The second kappa shape index (κ2) is 6.18. The number of hydrogen-bond acceptors (Lipinski definition) is 1. The average Bonchev–Trinajstić information content (AvgIpc) is 2.45. The van der Waals surface area contributed by atoms with Crippen LogP contribution in [0.1, 0.15) is 16.7 Å². The van der Waals surface area contributed by atoms with Crippen molar-refractivity contribution in [3.8, 4) is 5.75 Å². The molecule has 106 valence electrons. The highest BCUT2D eigenvalue weighted by atomic mass is 35.5. The highest BCUT2D eigenvalue weighted by molar-refractivity contribution is 6.17. The molecule has 5 heteroatoms. The van der Waals surface area contributed by atoms with Gasteiger partial charge in [0, 0.05) is 5.88 Å². The molecule has 0 N–H and O–H groups in total. The van der Waals surface area contributed by atoms with Gasteiger partial charge in [0.15, 0.2) is 0 Å². The summed E-state index contributed by atoms with van der Waals surface area (Å²) in [5, 5.41) is 0. The minimum Gasteiger partial charge on any atom is -0.489 e. The maximum Gasteiger partial charge on any atom is 0.416 e. The van der Waals surface area contributed by atoms with Gasteiger partial charge >= 0.3 is 6.18 Å².